The average molecular weight is 360 g/mol. The first-order valence-electron chi connectivity index (χ1n) is 9.35. The zero-order valence-corrected chi connectivity index (χ0v) is 15.3. The molecule has 7 heteroatoms. The van der Waals surface area contributed by atoms with Gasteiger partial charge in [0, 0.05) is 45.2 Å². The summed E-state index contributed by atoms with van der Waals surface area (Å²) >= 11 is 0. The molecule has 1 amide bonds. The first-order chi connectivity index (χ1) is 12.6. The fraction of sp³-hybridized carbons (Fsp3) is 0.579. The molecule has 1 aromatic carbocycles. The lowest BCUT2D eigenvalue weighted by Gasteiger charge is -2.42. The minimum absolute atomic E-state index is 0.0187. The van der Waals surface area contributed by atoms with Crippen molar-refractivity contribution in [1.82, 2.24) is 20.4 Å². The Labute approximate surface area is 154 Å². The number of hydrogen-bond acceptors (Lipinski definition) is 6. The molecule has 0 aliphatic carbocycles. The lowest BCUT2D eigenvalue weighted by atomic mass is 10.1. The summed E-state index contributed by atoms with van der Waals surface area (Å²) < 4.78 is 5.00. The molecular formula is C19H28N4O3. The summed E-state index contributed by atoms with van der Waals surface area (Å²) in [6.45, 7) is 6.75. The molecule has 7 nitrogen and oxygen atoms in total. The standard InChI is InChI=1S/C19H28N4O3/c1-2-26-18(25)13-16-12-17(24)21-19(20-16)23-10-8-22(9-11-23)14-15-6-4-3-5-7-15/h3-7,16,19-20H,2,8-14H2,1H3,(H,21,24). The van der Waals surface area contributed by atoms with Gasteiger partial charge in [0.15, 0.2) is 0 Å². The largest absolute Gasteiger partial charge is 0.466 e. The van der Waals surface area contributed by atoms with E-state index >= 15 is 0 Å². The number of ether oxygens (including phenoxy) is 1. The van der Waals surface area contributed by atoms with E-state index in [0.717, 1.165) is 32.7 Å². The summed E-state index contributed by atoms with van der Waals surface area (Å²) in [5, 5.41) is 6.37. The lowest BCUT2D eigenvalue weighted by Crippen LogP contribution is -2.66. The van der Waals surface area contributed by atoms with Crippen LogP contribution >= 0.6 is 0 Å². The highest BCUT2D eigenvalue weighted by molar-refractivity contribution is 5.79. The number of piperazine rings is 1. The second kappa shape index (κ2) is 9.12. The van der Waals surface area contributed by atoms with E-state index in [-0.39, 0.29) is 30.6 Å². The summed E-state index contributed by atoms with van der Waals surface area (Å²) in [5.74, 6) is -0.277. The Kier molecular flexibility index (Phi) is 6.60. The van der Waals surface area contributed by atoms with Crippen molar-refractivity contribution < 1.29 is 14.3 Å². The molecule has 2 N–H and O–H groups in total. The minimum Gasteiger partial charge on any atom is -0.466 e. The van der Waals surface area contributed by atoms with E-state index in [2.05, 4.69) is 44.7 Å². The van der Waals surface area contributed by atoms with Crippen molar-refractivity contribution in [2.75, 3.05) is 32.8 Å². The number of hydrogen-bond donors (Lipinski definition) is 2. The topological polar surface area (TPSA) is 73.9 Å². The highest BCUT2D eigenvalue weighted by Crippen LogP contribution is 2.13. The highest BCUT2D eigenvalue weighted by atomic mass is 16.5. The number of nitrogens with zero attached hydrogens (tertiary/aromatic N) is 2. The van der Waals surface area contributed by atoms with Crippen molar-refractivity contribution in [2.24, 2.45) is 0 Å². The quantitative estimate of drug-likeness (QED) is 0.721. The van der Waals surface area contributed by atoms with E-state index in [9.17, 15) is 9.59 Å². The zero-order valence-electron chi connectivity index (χ0n) is 15.3. The predicted octanol–water partition coefficient (Wildman–Crippen LogP) is 0.519. The summed E-state index contributed by atoms with van der Waals surface area (Å²) in [6, 6.07) is 10.3. The minimum atomic E-state index is -0.258. The van der Waals surface area contributed by atoms with Gasteiger partial charge in [0.2, 0.25) is 5.91 Å². The first kappa shape index (κ1) is 18.8. The van der Waals surface area contributed by atoms with Crippen molar-refractivity contribution >= 4 is 11.9 Å². The van der Waals surface area contributed by atoms with Gasteiger partial charge in [-0.15, -0.1) is 0 Å². The Balaban J connectivity index is 1.48. The molecule has 2 unspecified atom stereocenters. The third kappa shape index (κ3) is 5.27. The van der Waals surface area contributed by atoms with Crippen molar-refractivity contribution in [1.29, 1.82) is 0 Å². The molecule has 2 atom stereocenters. The molecule has 26 heavy (non-hydrogen) atoms. The van der Waals surface area contributed by atoms with Crippen molar-refractivity contribution in [3.8, 4) is 0 Å². The van der Waals surface area contributed by atoms with Crippen LogP contribution in [0.15, 0.2) is 30.3 Å². The van der Waals surface area contributed by atoms with E-state index in [4.69, 9.17) is 4.74 Å². The van der Waals surface area contributed by atoms with Gasteiger partial charge in [0.25, 0.3) is 0 Å². The molecule has 1 aromatic rings. The van der Waals surface area contributed by atoms with Crippen LogP contribution in [0.5, 0.6) is 0 Å². The predicted molar refractivity (Wildman–Crippen MR) is 98.0 cm³/mol. The number of amides is 1. The average Bonchev–Trinajstić information content (AvgIpc) is 2.63. The van der Waals surface area contributed by atoms with Crippen LogP contribution < -0.4 is 10.6 Å². The maximum absolute atomic E-state index is 12.0. The third-order valence-electron chi connectivity index (χ3n) is 4.86. The number of carbonyl (C=O) groups excluding carboxylic acids is 2. The van der Waals surface area contributed by atoms with E-state index < -0.39 is 0 Å². The number of esters is 1. The Morgan fingerprint density at radius 1 is 1.19 bits per heavy atom. The fourth-order valence-corrected chi connectivity index (χ4v) is 3.53. The molecule has 0 spiro atoms. The van der Waals surface area contributed by atoms with Gasteiger partial charge in [0.1, 0.15) is 6.29 Å². The van der Waals surface area contributed by atoms with Crippen molar-refractivity contribution in [3.05, 3.63) is 35.9 Å². The molecule has 0 saturated carbocycles. The Morgan fingerprint density at radius 2 is 1.92 bits per heavy atom. The maximum atomic E-state index is 12.0. The molecule has 2 heterocycles. The van der Waals surface area contributed by atoms with Gasteiger partial charge in [0.05, 0.1) is 13.0 Å². The number of nitrogens with one attached hydrogen (secondary N) is 2. The second-order valence-corrected chi connectivity index (χ2v) is 6.84. The number of carbonyl (C=O) groups is 2. The molecule has 0 bridgehead atoms. The van der Waals surface area contributed by atoms with Gasteiger partial charge in [-0.3, -0.25) is 24.7 Å². The smallest absolute Gasteiger partial charge is 0.307 e. The Bertz CT molecular complexity index is 602. The van der Waals surface area contributed by atoms with Gasteiger partial charge in [-0.1, -0.05) is 30.3 Å². The van der Waals surface area contributed by atoms with Crippen LogP contribution in [-0.4, -0.2) is 66.8 Å². The van der Waals surface area contributed by atoms with Crippen molar-refractivity contribution in [3.63, 3.8) is 0 Å². The molecule has 0 radical (unpaired) electrons. The molecule has 2 aliphatic heterocycles. The molecule has 2 aliphatic rings. The Hall–Kier alpha value is -1.96. The molecular weight excluding hydrogens is 332 g/mol. The van der Waals surface area contributed by atoms with Crippen LogP contribution in [0.2, 0.25) is 0 Å². The number of rotatable bonds is 6. The molecule has 2 fully saturated rings. The SMILES string of the molecule is CCOC(=O)CC1CC(=O)NC(N2CCN(Cc3ccccc3)CC2)N1. The van der Waals surface area contributed by atoms with Crippen LogP contribution in [0.25, 0.3) is 0 Å². The monoisotopic (exact) mass is 360 g/mol. The molecule has 3 rings (SSSR count). The van der Waals surface area contributed by atoms with Crippen LogP contribution in [0.4, 0.5) is 0 Å². The normalized spacial score (nSPS) is 24.9. The van der Waals surface area contributed by atoms with Crippen molar-refractivity contribution in [2.45, 2.75) is 38.6 Å². The summed E-state index contributed by atoms with van der Waals surface area (Å²) in [5.41, 5.74) is 1.32. The summed E-state index contributed by atoms with van der Waals surface area (Å²) in [6.07, 6.45) is 0.323. The van der Waals surface area contributed by atoms with Gasteiger partial charge in [-0.05, 0) is 12.5 Å². The van der Waals surface area contributed by atoms with E-state index in [0.29, 0.717) is 13.0 Å². The first-order valence-corrected chi connectivity index (χ1v) is 9.35. The Morgan fingerprint density at radius 3 is 2.62 bits per heavy atom. The summed E-state index contributed by atoms with van der Waals surface area (Å²) in [4.78, 5) is 28.4. The van der Waals surface area contributed by atoms with Crippen LogP contribution in [0.3, 0.4) is 0 Å². The molecule has 0 aromatic heterocycles. The fourth-order valence-electron chi connectivity index (χ4n) is 3.53. The van der Waals surface area contributed by atoms with Gasteiger partial charge >= 0.3 is 5.97 Å². The van der Waals surface area contributed by atoms with Crippen LogP contribution in [-0.2, 0) is 20.9 Å². The molecule has 142 valence electrons. The van der Waals surface area contributed by atoms with Crippen LogP contribution in [0.1, 0.15) is 25.3 Å². The van der Waals surface area contributed by atoms with Crippen LogP contribution in [0, 0.1) is 0 Å². The van der Waals surface area contributed by atoms with E-state index in [1.54, 1.807) is 6.92 Å². The zero-order chi connectivity index (χ0) is 18.4. The third-order valence-corrected chi connectivity index (χ3v) is 4.86. The summed E-state index contributed by atoms with van der Waals surface area (Å²) in [7, 11) is 0. The van der Waals surface area contributed by atoms with Gasteiger partial charge < -0.3 is 10.1 Å². The lowest BCUT2D eigenvalue weighted by molar-refractivity contribution is -0.144. The van der Waals surface area contributed by atoms with E-state index in [1.807, 2.05) is 6.07 Å². The highest BCUT2D eigenvalue weighted by Gasteiger charge is 2.32. The van der Waals surface area contributed by atoms with Gasteiger partial charge in [-0.2, -0.15) is 0 Å². The second-order valence-electron chi connectivity index (χ2n) is 6.84. The molecule has 2 saturated heterocycles. The number of benzene rings is 1. The van der Waals surface area contributed by atoms with Gasteiger partial charge in [-0.25, -0.2) is 0 Å². The maximum Gasteiger partial charge on any atom is 0.307 e. The van der Waals surface area contributed by atoms with E-state index in [1.165, 1.54) is 5.56 Å².